The Morgan fingerprint density at radius 1 is 1.38 bits per heavy atom. The van der Waals surface area contributed by atoms with E-state index in [9.17, 15) is 14.9 Å². The third-order valence-corrected chi connectivity index (χ3v) is 3.26. The van der Waals surface area contributed by atoms with Gasteiger partial charge in [-0.25, -0.2) is 4.98 Å². The van der Waals surface area contributed by atoms with Crippen LogP contribution in [0.5, 0.6) is 0 Å². The predicted molar refractivity (Wildman–Crippen MR) is 79.8 cm³/mol. The maximum absolute atomic E-state index is 12.5. The Hall–Kier alpha value is -2.47. The summed E-state index contributed by atoms with van der Waals surface area (Å²) < 4.78 is 0. The number of hydrogen-bond acceptors (Lipinski definition) is 4. The van der Waals surface area contributed by atoms with E-state index in [2.05, 4.69) is 4.98 Å². The summed E-state index contributed by atoms with van der Waals surface area (Å²) in [6.45, 7) is 1.85. The van der Waals surface area contributed by atoms with Gasteiger partial charge in [-0.2, -0.15) is 0 Å². The van der Waals surface area contributed by atoms with Crippen molar-refractivity contribution in [1.82, 2.24) is 4.98 Å². The van der Waals surface area contributed by atoms with E-state index in [1.165, 1.54) is 11.0 Å². The Kier molecular flexibility index (Phi) is 4.18. The van der Waals surface area contributed by atoms with E-state index < -0.39 is 10.8 Å². The van der Waals surface area contributed by atoms with Crippen molar-refractivity contribution in [1.29, 1.82) is 0 Å². The van der Waals surface area contributed by atoms with Crippen LogP contribution in [0.3, 0.4) is 0 Å². The van der Waals surface area contributed by atoms with Gasteiger partial charge in [-0.05, 0) is 24.6 Å². The van der Waals surface area contributed by atoms with Gasteiger partial charge < -0.3 is 4.90 Å². The first-order valence-corrected chi connectivity index (χ1v) is 6.43. The number of aryl methyl sites for hydroxylation is 1. The summed E-state index contributed by atoms with van der Waals surface area (Å²) in [5.41, 5.74) is 1.09. The van der Waals surface area contributed by atoms with Crippen LogP contribution in [0.15, 0.2) is 36.5 Å². The van der Waals surface area contributed by atoms with Crippen molar-refractivity contribution in [2.75, 3.05) is 11.9 Å². The lowest BCUT2D eigenvalue weighted by molar-refractivity contribution is -0.385. The lowest BCUT2D eigenvalue weighted by atomic mass is 10.1. The Bertz CT molecular complexity index is 718. The first kappa shape index (κ1) is 14.9. The van der Waals surface area contributed by atoms with Crippen LogP contribution in [0, 0.1) is 17.0 Å². The van der Waals surface area contributed by atoms with E-state index in [1.54, 1.807) is 19.2 Å². The van der Waals surface area contributed by atoms with Crippen LogP contribution in [0.25, 0.3) is 0 Å². The minimum Gasteiger partial charge on any atom is -0.311 e. The molecule has 0 aliphatic rings. The molecule has 6 nitrogen and oxygen atoms in total. The Labute approximate surface area is 126 Å². The molecule has 0 spiro atoms. The number of carbonyl (C=O) groups is 1. The predicted octanol–water partition coefficient (Wildman–Crippen LogP) is 3.23. The summed E-state index contributed by atoms with van der Waals surface area (Å²) in [4.78, 5) is 27.9. The molecule has 0 unspecified atom stereocenters. The number of pyridine rings is 1. The molecular weight excluding hydrogens is 294 g/mol. The number of hydrogen-bond donors (Lipinski definition) is 0. The molecule has 0 saturated heterocycles. The van der Waals surface area contributed by atoms with E-state index >= 15 is 0 Å². The van der Waals surface area contributed by atoms with Crippen LogP contribution in [0.4, 0.5) is 11.4 Å². The topological polar surface area (TPSA) is 76.3 Å². The van der Waals surface area contributed by atoms with Gasteiger partial charge in [0.15, 0.2) is 0 Å². The van der Waals surface area contributed by atoms with Gasteiger partial charge in [0, 0.05) is 12.7 Å². The van der Waals surface area contributed by atoms with E-state index in [4.69, 9.17) is 11.6 Å². The highest BCUT2D eigenvalue weighted by atomic mass is 35.5. The molecule has 0 aliphatic heterocycles. The number of benzene rings is 1. The molecule has 0 saturated carbocycles. The zero-order valence-electron chi connectivity index (χ0n) is 11.4. The number of amides is 1. The third-order valence-electron chi connectivity index (χ3n) is 3.06. The summed E-state index contributed by atoms with van der Waals surface area (Å²) >= 11 is 5.74. The van der Waals surface area contributed by atoms with Crippen molar-refractivity contribution in [3.05, 3.63) is 62.9 Å². The van der Waals surface area contributed by atoms with E-state index in [0.717, 1.165) is 11.8 Å². The van der Waals surface area contributed by atoms with Crippen molar-refractivity contribution in [3.8, 4) is 0 Å². The molecule has 21 heavy (non-hydrogen) atoms. The van der Waals surface area contributed by atoms with E-state index in [0.29, 0.717) is 5.69 Å². The first-order valence-electron chi connectivity index (χ1n) is 6.05. The molecule has 108 valence electrons. The molecule has 2 aromatic rings. The first-order chi connectivity index (χ1) is 9.91. The van der Waals surface area contributed by atoms with Gasteiger partial charge in [0.1, 0.15) is 16.9 Å². The number of nitrogens with zero attached hydrogens (tertiary/aromatic N) is 3. The summed E-state index contributed by atoms with van der Waals surface area (Å²) in [5, 5.41) is 11.0. The normalized spacial score (nSPS) is 10.2. The molecule has 2 rings (SSSR count). The minimum atomic E-state index is -0.651. The zero-order valence-corrected chi connectivity index (χ0v) is 12.2. The minimum absolute atomic E-state index is 0.0298. The molecule has 0 atom stereocenters. The quantitative estimate of drug-likeness (QED) is 0.495. The third kappa shape index (κ3) is 3.00. The maximum atomic E-state index is 12.5. The highest BCUT2D eigenvalue weighted by Crippen LogP contribution is 2.25. The van der Waals surface area contributed by atoms with Gasteiger partial charge in [-0.3, -0.25) is 14.9 Å². The fourth-order valence-electron chi connectivity index (χ4n) is 1.97. The smallest absolute Gasteiger partial charge is 0.300 e. The molecule has 1 aromatic heterocycles. The molecule has 1 amide bonds. The molecule has 0 bridgehead atoms. The number of carbonyl (C=O) groups excluding carboxylic acids is 1. The molecule has 0 N–H and O–H groups in total. The fraction of sp³-hybridized carbons (Fsp3) is 0.143. The van der Waals surface area contributed by atoms with Gasteiger partial charge in [0.25, 0.3) is 11.6 Å². The van der Waals surface area contributed by atoms with Crippen molar-refractivity contribution in [3.63, 3.8) is 0 Å². The van der Waals surface area contributed by atoms with Crippen LogP contribution in [0.1, 0.15) is 15.9 Å². The van der Waals surface area contributed by atoms with Gasteiger partial charge in [-0.15, -0.1) is 0 Å². The molecule has 7 heteroatoms. The summed E-state index contributed by atoms with van der Waals surface area (Å²) in [5.74, 6) is -0.514. The average Bonchev–Trinajstić information content (AvgIpc) is 2.45. The number of anilines is 1. The van der Waals surface area contributed by atoms with Crippen LogP contribution in [0.2, 0.25) is 5.15 Å². The second kappa shape index (κ2) is 5.88. The van der Waals surface area contributed by atoms with Gasteiger partial charge in [0.05, 0.1) is 4.92 Å². The van der Waals surface area contributed by atoms with E-state index in [-0.39, 0.29) is 16.4 Å². The van der Waals surface area contributed by atoms with Gasteiger partial charge in [-0.1, -0.05) is 29.8 Å². The summed E-state index contributed by atoms with van der Waals surface area (Å²) in [6, 6.07) is 8.47. The number of rotatable bonds is 3. The van der Waals surface area contributed by atoms with Crippen molar-refractivity contribution in [2.45, 2.75) is 6.92 Å². The number of aromatic nitrogens is 1. The number of nitro groups is 1. The Balaban J connectivity index is 2.47. The molecule has 0 radical (unpaired) electrons. The second-order valence-corrected chi connectivity index (χ2v) is 4.82. The summed E-state index contributed by atoms with van der Waals surface area (Å²) in [6.07, 6.45) is 0.987. The molecule has 0 aliphatic carbocycles. The summed E-state index contributed by atoms with van der Waals surface area (Å²) in [7, 11) is 1.56. The van der Waals surface area contributed by atoms with Gasteiger partial charge in [0.2, 0.25) is 0 Å². The van der Waals surface area contributed by atoms with Crippen LogP contribution in [-0.2, 0) is 0 Å². The molecule has 0 fully saturated rings. The fourth-order valence-corrected chi connectivity index (χ4v) is 2.13. The molecule has 1 heterocycles. The monoisotopic (exact) mass is 305 g/mol. The maximum Gasteiger partial charge on any atom is 0.300 e. The average molecular weight is 306 g/mol. The van der Waals surface area contributed by atoms with Crippen molar-refractivity contribution >= 4 is 28.9 Å². The molecular formula is C14H12ClN3O3. The Morgan fingerprint density at radius 3 is 2.67 bits per heavy atom. The second-order valence-electron chi connectivity index (χ2n) is 4.43. The largest absolute Gasteiger partial charge is 0.311 e. The Morgan fingerprint density at radius 2 is 2.05 bits per heavy atom. The van der Waals surface area contributed by atoms with E-state index in [1.807, 2.05) is 19.1 Å². The number of halogens is 1. The van der Waals surface area contributed by atoms with Crippen molar-refractivity contribution in [2.24, 2.45) is 0 Å². The lowest BCUT2D eigenvalue weighted by Gasteiger charge is -2.19. The lowest BCUT2D eigenvalue weighted by Crippen LogP contribution is -2.27. The standard InChI is InChI=1S/C14H12ClN3O3/c1-9-5-3-4-6-11(9)17(2)14(19)10-7-13(15)16-8-12(10)18(20)21/h3-8H,1-2H3. The van der Waals surface area contributed by atoms with Crippen LogP contribution < -0.4 is 4.90 Å². The number of para-hydroxylation sites is 1. The van der Waals surface area contributed by atoms with Crippen molar-refractivity contribution < 1.29 is 9.72 Å². The zero-order chi connectivity index (χ0) is 15.6. The van der Waals surface area contributed by atoms with Crippen LogP contribution >= 0.6 is 11.6 Å². The highest BCUT2D eigenvalue weighted by Gasteiger charge is 2.25. The molecule has 1 aromatic carbocycles. The highest BCUT2D eigenvalue weighted by molar-refractivity contribution is 6.30. The SMILES string of the molecule is Cc1ccccc1N(C)C(=O)c1cc(Cl)ncc1[N+](=O)[O-]. The van der Waals surface area contributed by atoms with Crippen LogP contribution in [-0.4, -0.2) is 22.9 Å². The van der Waals surface area contributed by atoms with Gasteiger partial charge >= 0.3 is 0 Å².